The normalized spacial score (nSPS) is 16.7. The molecule has 2 nitrogen and oxygen atoms in total. The van der Waals surface area contributed by atoms with Crippen LogP contribution in [0.2, 0.25) is 0 Å². The number of pyridine rings is 1. The molecule has 1 heterocycles. The van der Waals surface area contributed by atoms with Crippen molar-refractivity contribution in [2.24, 2.45) is 5.92 Å². The van der Waals surface area contributed by atoms with Crippen LogP contribution in [0.3, 0.4) is 0 Å². The Morgan fingerprint density at radius 2 is 1.53 bits per heavy atom. The summed E-state index contributed by atoms with van der Waals surface area (Å²) in [4.78, 5) is 3.80. The molecule has 0 atom stereocenters. The van der Waals surface area contributed by atoms with Crippen molar-refractivity contribution in [1.82, 2.24) is 4.98 Å². The fourth-order valence-electron chi connectivity index (χ4n) is 2.66. The highest BCUT2D eigenvalue weighted by molar-refractivity contribution is 5.47. The van der Waals surface area contributed by atoms with E-state index in [1.54, 1.807) is 0 Å². The van der Waals surface area contributed by atoms with Gasteiger partial charge in [-0.3, -0.25) is 0 Å². The van der Waals surface area contributed by atoms with Gasteiger partial charge in [0.2, 0.25) is 11.6 Å². The molecular formula is C13H16F4N2. The van der Waals surface area contributed by atoms with Crippen LogP contribution in [-0.2, 0) is 0 Å². The van der Waals surface area contributed by atoms with Gasteiger partial charge in [-0.05, 0) is 18.8 Å². The monoisotopic (exact) mass is 276 g/mol. The average Bonchev–Trinajstić information content (AvgIpc) is 2.38. The Kier molecular flexibility index (Phi) is 4.27. The third-order valence-electron chi connectivity index (χ3n) is 3.61. The predicted octanol–water partition coefficient (Wildman–Crippen LogP) is 3.65. The molecule has 6 heteroatoms. The minimum atomic E-state index is -1.61. The Morgan fingerprint density at radius 1 is 1.00 bits per heavy atom. The van der Waals surface area contributed by atoms with E-state index < -0.39 is 29.2 Å². The third-order valence-corrected chi connectivity index (χ3v) is 3.61. The third kappa shape index (κ3) is 2.98. The van der Waals surface area contributed by atoms with Crippen LogP contribution in [-0.4, -0.2) is 18.6 Å². The van der Waals surface area contributed by atoms with Crippen molar-refractivity contribution >= 4 is 5.69 Å². The van der Waals surface area contributed by atoms with Gasteiger partial charge >= 0.3 is 0 Å². The Hall–Kier alpha value is -1.33. The van der Waals surface area contributed by atoms with Crippen molar-refractivity contribution in [3.8, 4) is 0 Å². The van der Waals surface area contributed by atoms with E-state index in [2.05, 4.69) is 4.98 Å². The highest BCUT2D eigenvalue weighted by Crippen LogP contribution is 2.29. The number of halogens is 4. The van der Waals surface area contributed by atoms with Gasteiger partial charge in [0, 0.05) is 13.6 Å². The maximum Gasteiger partial charge on any atom is 0.253 e. The van der Waals surface area contributed by atoms with E-state index in [-0.39, 0.29) is 0 Å². The summed E-state index contributed by atoms with van der Waals surface area (Å²) in [5.74, 6) is -5.78. The second-order valence-corrected chi connectivity index (χ2v) is 5.05. The molecule has 0 aromatic carbocycles. The maximum absolute atomic E-state index is 13.6. The first-order valence-corrected chi connectivity index (χ1v) is 6.41. The second kappa shape index (κ2) is 5.75. The summed E-state index contributed by atoms with van der Waals surface area (Å²) in [5.41, 5.74) is -0.671. The molecule has 19 heavy (non-hydrogen) atoms. The van der Waals surface area contributed by atoms with E-state index in [1.807, 2.05) is 0 Å². The molecule has 1 aromatic rings. The lowest BCUT2D eigenvalue weighted by Gasteiger charge is -2.28. The molecule has 1 aliphatic carbocycles. The van der Waals surface area contributed by atoms with Crippen molar-refractivity contribution < 1.29 is 17.6 Å². The van der Waals surface area contributed by atoms with Gasteiger partial charge in [-0.2, -0.15) is 22.5 Å². The molecule has 1 aliphatic rings. The van der Waals surface area contributed by atoms with Gasteiger partial charge < -0.3 is 4.90 Å². The summed E-state index contributed by atoms with van der Waals surface area (Å²) in [6.45, 7) is 0.386. The Balaban J connectivity index is 2.20. The number of rotatable bonds is 3. The molecule has 1 aromatic heterocycles. The Labute approximate surface area is 109 Å². The number of nitrogens with zero attached hydrogens (tertiary/aromatic N) is 2. The summed E-state index contributed by atoms with van der Waals surface area (Å²) in [6, 6.07) is 0. The van der Waals surface area contributed by atoms with Crippen molar-refractivity contribution in [1.29, 1.82) is 0 Å². The zero-order valence-electron chi connectivity index (χ0n) is 10.7. The second-order valence-electron chi connectivity index (χ2n) is 5.05. The highest BCUT2D eigenvalue weighted by Gasteiger charge is 2.25. The standard InChI is InChI=1S/C13H16F4N2/c1-19(7-8-5-3-2-4-6-8)11-9(14)12(16)18-13(17)10(11)15/h8H,2-7H2,1H3. The van der Waals surface area contributed by atoms with Crippen LogP contribution < -0.4 is 4.90 Å². The Morgan fingerprint density at radius 3 is 2.05 bits per heavy atom. The van der Waals surface area contributed by atoms with Crippen LogP contribution in [0.4, 0.5) is 23.2 Å². The molecule has 0 spiro atoms. The molecule has 2 rings (SSSR count). The van der Waals surface area contributed by atoms with Gasteiger partial charge in [-0.15, -0.1) is 0 Å². The van der Waals surface area contributed by atoms with E-state index in [1.165, 1.54) is 18.4 Å². The van der Waals surface area contributed by atoms with Gasteiger partial charge in [-0.25, -0.2) is 0 Å². The topological polar surface area (TPSA) is 16.1 Å². The smallest absolute Gasteiger partial charge is 0.253 e. The summed E-state index contributed by atoms with van der Waals surface area (Å²) in [7, 11) is 1.44. The molecule has 0 N–H and O–H groups in total. The molecule has 106 valence electrons. The van der Waals surface area contributed by atoms with Crippen LogP contribution >= 0.6 is 0 Å². The number of anilines is 1. The molecule has 1 saturated carbocycles. The zero-order chi connectivity index (χ0) is 14.0. The van der Waals surface area contributed by atoms with Crippen LogP contribution in [0.5, 0.6) is 0 Å². The number of aromatic nitrogens is 1. The van der Waals surface area contributed by atoms with Crippen LogP contribution in [0.25, 0.3) is 0 Å². The highest BCUT2D eigenvalue weighted by atomic mass is 19.2. The molecule has 1 fully saturated rings. The summed E-state index contributed by atoms with van der Waals surface area (Å²) >= 11 is 0. The van der Waals surface area contributed by atoms with Crippen LogP contribution in [0.1, 0.15) is 32.1 Å². The van der Waals surface area contributed by atoms with Gasteiger partial charge in [0.25, 0.3) is 11.9 Å². The van der Waals surface area contributed by atoms with Crippen LogP contribution in [0, 0.1) is 29.4 Å². The lowest BCUT2D eigenvalue weighted by atomic mass is 9.89. The summed E-state index contributed by atoms with van der Waals surface area (Å²) in [6.07, 6.45) is 5.29. The summed E-state index contributed by atoms with van der Waals surface area (Å²) in [5, 5.41) is 0. The molecular weight excluding hydrogens is 260 g/mol. The summed E-state index contributed by atoms with van der Waals surface area (Å²) < 4.78 is 53.2. The minimum Gasteiger partial charge on any atom is -0.369 e. The van der Waals surface area contributed by atoms with Gasteiger partial charge in [-0.1, -0.05) is 19.3 Å². The van der Waals surface area contributed by atoms with E-state index in [0.29, 0.717) is 12.5 Å². The Bertz CT molecular complexity index is 432. The SMILES string of the molecule is CN(CC1CCCCC1)c1c(F)c(F)nc(F)c1F. The fraction of sp³-hybridized carbons (Fsp3) is 0.615. The average molecular weight is 276 g/mol. The van der Waals surface area contributed by atoms with Crippen molar-refractivity contribution in [3.63, 3.8) is 0 Å². The fourth-order valence-corrected chi connectivity index (χ4v) is 2.66. The van der Waals surface area contributed by atoms with Gasteiger partial charge in [0.15, 0.2) is 0 Å². The first-order chi connectivity index (χ1) is 9.00. The molecule has 0 bridgehead atoms. The van der Waals surface area contributed by atoms with E-state index in [0.717, 1.165) is 25.7 Å². The van der Waals surface area contributed by atoms with Crippen molar-refractivity contribution in [3.05, 3.63) is 23.5 Å². The lowest BCUT2D eigenvalue weighted by Crippen LogP contribution is -2.29. The molecule has 0 radical (unpaired) electrons. The molecule has 0 aliphatic heterocycles. The van der Waals surface area contributed by atoms with Crippen molar-refractivity contribution in [2.45, 2.75) is 32.1 Å². The predicted molar refractivity (Wildman–Crippen MR) is 63.9 cm³/mol. The van der Waals surface area contributed by atoms with E-state index in [9.17, 15) is 17.6 Å². The largest absolute Gasteiger partial charge is 0.369 e. The van der Waals surface area contributed by atoms with Gasteiger partial charge in [0.05, 0.1) is 0 Å². The number of hydrogen-bond acceptors (Lipinski definition) is 2. The molecule has 0 amide bonds. The quantitative estimate of drug-likeness (QED) is 0.618. The van der Waals surface area contributed by atoms with Gasteiger partial charge in [0.1, 0.15) is 5.69 Å². The first-order valence-electron chi connectivity index (χ1n) is 6.41. The first kappa shape index (κ1) is 14.1. The minimum absolute atomic E-state index is 0.303. The molecule has 0 unspecified atom stereocenters. The van der Waals surface area contributed by atoms with Crippen LogP contribution in [0.15, 0.2) is 0 Å². The van der Waals surface area contributed by atoms with Crippen molar-refractivity contribution in [2.75, 3.05) is 18.5 Å². The molecule has 0 saturated heterocycles. The zero-order valence-corrected chi connectivity index (χ0v) is 10.7. The van der Waals surface area contributed by atoms with E-state index >= 15 is 0 Å². The van der Waals surface area contributed by atoms with E-state index in [4.69, 9.17) is 0 Å². The lowest BCUT2D eigenvalue weighted by molar-refractivity contribution is 0.356. The maximum atomic E-state index is 13.6. The number of hydrogen-bond donors (Lipinski definition) is 0.